The molecule has 1 saturated heterocycles. The summed E-state index contributed by atoms with van der Waals surface area (Å²) >= 11 is 0. The van der Waals surface area contributed by atoms with Crippen molar-refractivity contribution < 1.29 is 9.59 Å². The molecular formula is C20H25N5O2. The SMILES string of the molecule is O=C1NC2(CCCC2)C(=O)N1CCCNCc1cnn(-c2ccccc2)c1. The van der Waals surface area contributed by atoms with Crippen molar-refractivity contribution >= 4 is 11.9 Å². The molecule has 1 aromatic carbocycles. The third-order valence-corrected chi connectivity index (χ3v) is 5.42. The average molecular weight is 367 g/mol. The summed E-state index contributed by atoms with van der Waals surface area (Å²) in [4.78, 5) is 26.1. The van der Waals surface area contributed by atoms with Crippen LogP contribution in [0.3, 0.4) is 0 Å². The van der Waals surface area contributed by atoms with Crippen molar-refractivity contribution in [2.75, 3.05) is 13.1 Å². The number of hydrogen-bond acceptors (Lipinski definition) is 4. The summed E-state index contributed by atoms with van der Waals surface area (Å²) in [6.45, 7) is 1.90. The van der Waals surface area contributed by atoms with Gasteiger partial charge in [-0.25, -0.2) is 9.48 Å². The maximum Gasteiger partial charge on any atom is 0.325 e. The first-order chi connectivity index (χ1) is 13.2. The summed E-state index contributed by atoms with van der Waals surface area (Å²) in [5.74, 6) is -0.0332. The van der Waals surface area contributed by atoms with E-state index in [0.717, 1.165) is 49.9 Å². The van der Waals surface area contributed by atoms with Crippen LogP contribution in [0.1, 0.15) is 37.7 Å². The fourth-order valence-electron chi connectivity index (χ4n) is 3.96. The Morgan fingerprint density at radius 2 is 1.93 bits per heavy atom. The Hall–Kier alpha value is -2.67. The molecule has 27 heavy (non-hydrogen) atoms. The number of urea groups is 1. The highest BCUT2D eigenvalue weighted by atomic mass is 16.2. The van der Waals surface area contributed by atoms with Gasteiger partial charge in [-0.05, 0) is 37.9 Å². The molecule has 7 heteroatoms. The number of aromatic nitrogens is 2. The molecule has 4 rings (SSSR count). The molecule has 1 spiro atoms. The van der Waals surface area contributed by atoms with Gasteiger partial charge in [0, 0.05) is 24.8 Å². The maximum atomic E-state index is 12.6. The monoisotopic (exact) mass is 367 g/mol. The van der Waals surface area contributed by atoms with E-state index < -0.39 is 5.54 Å². The van der Waals surface area contributed by atoms with E-state index in [0.29, 0.717) is 13.1 Å². The third-order valence-electron chi connectivity index (χ3n) is 5.42. The van der Waals surface area contributed by atoms with E-state index in [4.69, 9.17) is 0 Å². The summed E-state index contributed by atoms with van der Waals surface area (Å²) in [5, 5.41) is 10.7. The molecule has 2 aromatic rings. The van der Waals surface area contributed by atoms with Crippen LogP contribution in [0.4, 0.5) is 4.79 Å². The molecule has 142 valence electrons. The highest BCUT2D eigenvalue weighted by molar-refractivity contribution is 6.07. The molecule has 1 aliphatic carbocycles. The standard InChI is InChI=1S/C20H25N5O2/c26-18-20(9-4-5-10-20)23-19(27)24(18)12-6-11-21-13-16-14-22-25(15-16)17-7-2-1-3-8-17/h1-3,7-8,14-15,21H,4-6,9-13H2,(H,23,27). The zero-order chi connectivity index (χ0) is 18.7. The first kappa shape index (κ1) is 17.7. The second kappa shape index (κ2) is 7.52. The first-order valence-corrected chi connectivity index (χ1v) is 9.62. The van der Waals surface area contributed by atoms with Crippen LogP contribution in [-0.2, 0) is 11.3 Å². The Morgan fingerprint density at radius 1 is 1.15 bits per heavy atom. The van der Waals surface area contributed by atoms with Gasteiger partial charge in [0.2, 0.25) is 0 Å². The minimum absolute atomic E-state index is 0.0332. The van der Waals surface area contributed by atoms with E-state index in [9.17, 15) is 9.59 Å². The van der Waals surface area contributed by atoms with E-state index in [1.807, 2.05) is 47.4 Å². The van der Waals surface area contributed by atoms with E-state index >= 15 is 0 Å². The number of nitrogens with one attached hydrogen (secondary N) is 2. The largest absolute Gasteiger partial charge is 0.325 e. The van der Waals surface area contributed by atoms with Crippen molar-refractivity contribution in [2.45, 2.75) is 44.2 Å². The number of carbonyl (C=O) groups is 2. The zero-order valence-corrected chi connectivity index (χ0v) is 15.4. The normalized spacial score (nSPS) is 18.4. The van der Waals surface area contributed by atoms with Crippen LogP contribution >= 0.6 is 0 Å². The van der Waals surface area contributed by atoms with Gasteiger partial charge < -0.3 is 10.6 Å². The van der Waals surface area contributed by atoms with E-state index in [1.54, 1.807) is 0 Å². The van der Waals surface area contributed by atoms with Crippen LogP contribution in [-0.4, -0.2) is 45.2 Å². The molecule has 0 bridgehead atoms. The molecule has 0 unspecified atom stereocenters. The number of amides is 3. The Kier molecular flexibility index (Phi) is 4.94. The molecule has 0 atom stereocenters. The van der Waals surface area contributed by atoms with Crippen molar-refractivity contribution in [2.24, 2.45) is 0 Å². The van der Waals surface area contributed by atoms with Crippen LogP contribution in [0, 0.1) is 0 Å². The van der Waals surface area contributed by atoms with Gasteiger partial charge in [0.25, 0.3) is 5.91 Å². The minimum atomic E-state index is -0.601. The summed E-state index contributed by atoms with van der Waals surface area (Å²) in [7, 11) is 0. The maximum absolute atomic E-state index is 12.6. The lowest BCUT2D eigenvalue weighted by Gasteiger charge is -2.20. The van der Waals surface area contributed by atoms with Crippen molar-refractivity contribution in [3.63, 3.8) is 0 Å². The molecule has 2 aliphatic rings. The van der Waals surface area contributed by atoms with Crippen LogP contribution < -0.4 is 10.6 Å². The van der Waals surface area contributed by atoms with Gasteiger partial charge in [0.1, 0.15) is 5.54 Å². The second-order valence-electron chi connectivity index (χ2n) is 7.34. The topological polar surface area (TPSA) is 79.3 Å². The fourth-order valence-corrected chi connectivity index (χ4v) is 3.96. The van der Waals surface area contributed by atoms with E-state index in [2.05, 4.69) is 15.7 Å². The molecule has 1 aromatic heterocycles. The molecule has 2 fully saturated rings. The minimum Gasteiger partial charge on any atom is -0.323 e. The second-order valence-corrected chi connectivity index (χ2v) is 7.34. The zero-order valence-electron chi connectivity index (χ0n) is 15.4. The van der Waals surface area contributed by atoms with Crippen molar-refractivity contribution in [1.82, 2.24) is 25.3 Å². The summed E-state index contributed by atoms with van der Waals surface area (Å²) in [6, 6.07) is 9.75. The number of para-hydroxylation sites is 1. The van der Waals surface area contributed by atoms with Crippen LogP contribution in [0.25, 0.3) is 5.69 Å². The smallest absolute Gasteiger partial charge is 0.323 e. The van der Waals surface area contributed by atoms with E-state index in [-0.39, 0.29) is 11.9 Å². The number of hydrogen-bond donors (Lipinski definition) is 2. The quantitative estimate of drug-likeness (QED) is 0.581. The van der Waals surface area contributed by atoms with E-state index in [1.165, 1.54) is 4.90 Å². The van der Waals surface area contributed by atoms with Crippen molar-refractivity contribution in [3.05, 3.63) is 48.3 Å². The van der Waals surface area contributed by atoms with Crippen molar-refractivity contribution in [3.8, 4) is 5.69 Å². The lowest BCUT2D eigenvalue weighted by Crippen LogP contribution is -2.44. The molecule has 2 N–H and O–H groups in total. The molecule has 0 radical (unpaired) electrons. The average Bonchev–Trinajstić information content (AvgIpc) is 3.39. The summed E-state index contributed by atoms with van der Waals surface area (Å²) in [6.07, 6.45) is 8.17. The molecular weight excluding hydrogens is 342 g/mol. The Balaban J connectivity index is 1.22. The van der Waals surface area contributed by atoms with Crippen LogP contribution in [0.2, 0.25) is 0 Å². The van der Waals surface area contributed by atoms with Gasteiger partial charge in [0.15, 0.2) is 0 Å². The number of nitrogens with zero attached hydrogens (tertiary/aromatic N) is 3. The summed E-state index contributed by atoms with van der Waals surface area (Å²) < 4.78 is 1.85. The number of imide groups is 1. The molecule has 3 amide bonds. The first-order valence-electron chi connectivity index (χ1n) is 9.62. The number of rotatable bonds is 7. The number of benzene rings is 1. The predicted molar refractivity (Wildman–Crippen MR) is 101 cm³/mol. The molecule has 7 nitrogen and oxygen atoms in total. The lowest BCUT2D eigenvalue weighted by atomic mass is 9.98. The Labute approximate surface area is 158 Å². The Bertz CT molecular complexity index is 811. The highest BCUT2D eigenvalue weighted by Gasteiger charge is 2.51. The fraction of sp³-hybridized carbons (Fsp3) is 0.450. The molecule has 1 saturated carbocycles. The molecule has 1 aliphatic heterocycles. The predicted octanol–water partition coefficient (Wildman–Crippen LogP) is 2.22. The lowest BCUT2D eigenvalue weighted by molar-refractivity contribution is -0.131. The molecule has 2 heterocycles. The van der Waals surface area contributed by atoms with Gasteiger partial charge >= 0.3 is 6.03 Å². The third kappa shape index (κ3) is 3.60. The van der Waals surface area contributed by atoms with Gasteiger partial charge in [-0.2, -0.15) is 5.10 Å². The highest BCUT2D eigenvalue weighted by Crippen LogP contribution is 2.34. The van der Waals surface area contributed by atoms with Crippen LogP contribution in [0.5, 0.6) is 0 Å². The van der Waals surface area contributed by atoms with Gasteiger partial charge in [-0.15, -0.1) is 0 Å². The van der Waals surface area contributed by atoms with Crippen LogP contribution in [0.15, 0.2) is 42.7 Å². The number of carbonyl (C=O) groups excluding carboxylic acids is 2. The van der Waals surface area contributed by atoms with Gasteiger partial charge in [-0.1, -0.05) is 31.0 Å². The van der Waals surface area contributed by atoms with Crippen molar-refractivity contribution in [1.29, 1.82) is 0 Å². The Morgan fingerprint density at radius 3 is 2.70 bits per heavy atom. The van der Waals surface area contributed by atoms with Gasteiger partial charge in [-0.3, -0.25) is 9.69 Å². The summed E-state index contributed by atoms with van der Waals surface area (Å²) in [5.41, 5.74) is 1.53. The van der Waals surface area contributed by atoms with Gasteiger partial charge in [0.05, 0.1) is 11.9 Å².